The van der Waals surface area contributed by atoms with E-state index < -0.39 is 0 Å². The van der Waals surface area contributed by atoms with Crippen LogP contribution in [0.3, 0.4) is 0 Å². The lowest BCUT2D eigenvalue weighted by molar-refractivity contribution is -0.116. The highest BCUT2D eigenvalue weighted by molar-refractivity contribution is 5.80. The van der Waals surface area contributed by atoms with Crippen LogP contribution in [0.4, 0.5) is 5.69 Å². The van der Waals surface area contributed by atoms with Gasteiger partial charge in [-0.2, -0.15) is 0 Å². The maximum absolute atomic E-state index is 10.7. The molecule has 0 fully saturated rings. The molecule has 3 heteroatoms. The molecule has 0 bridgehead atoms. The number of phenolic OH excluding ortho intramolecular Hbond substituents is 1. The quantitative estimate of drug-likeness (QED) is 0.509. The van der Waals surface area contributed by atoms with Crippen molar-refractivity contribution in [2.75, 3.05) is 5.73 Å². The summed E-state index contributed by atoms with van der Waals surface area (Å²) in [6.07, 6.45) is 0.278. The molecule has 0 spiro atoms. The van der Waals surface area contributed by atoms with Crippen LogP contribution in [-0.2, 0) is 11.2 Å². The van der Waals surface area contributed by atoms with Crippen LogP contribution >= 0.6 is 0 Å². The average molecular weight is 165 g/mol. The van der Waals surface area contributed by atoms with Crippen LogP contribution in [0.15, 0.2) is 18.2 Å². The fraction of sp³-hybridized carbons (Fsp3) is 0.222. The lowest BCUT2D eigenvalue weighted by atomic mass is 10.1. The van der Waals surface area contributed by atoms with Crippen molar-refractivity contribution in [1.29, 1.82) is 0 Å². The van der Waals surface area contributed by atoms with Gasteiger partial charge in [-0.1, -0.05) is 12.1 Å². The molecule has 1 rings (SSSR count). The summed E-state index contributed by atoms with van der Waals surface area (Å²) >= 11 is 0. The van der Waals surface area contributed by atoms with Crippen LogP contribution in [-0.4, -0.2) is 10.9 Å². The number of Topliss-reactive ketones (excluding diaryl/α,β-unsaturated/α-hetero) is 1. The monoisotopic (exact) mass is 165 g/mol. The zero-order valence-corrected chi connectivity index (χ0v) is 6.87. The smallest absolute Gasteiger partial charge is 0.138 e. The number of benzene rings is 1. The number of aromatic hydroxyl groups is 1. The Bertz CT molecular complexity index is 307. The largest absolute Gasteiger partial charge is 0.506 e. The van der Waals surface area contributed by atoms with Gasteiger partial charge in [-0.05, 0) is 18.6 Å². The Hall–Kier alpha value is -1.51. The van der Waals surface area contributed by atoms with E-state index in [0.717, 1.165) is 0 Å². The summed E-state index contributed by atoms with van der Waals surface area (Å²) in [4.78, 5) is 10.7. The molecule has 1 aromatic rings. The van der Waals surface area contributed by atoms with E-state index in [-0.39, 0.29) is 18.0 Å². The molecule has 64 valence electrons. The number of para-hydroxylation sites is 1. The molecule has 0 heterocycles. The van der Waals surface area contributed by atoms with Crippen molar-refractivity contribution in [2.24, 2.45) is 0 Å². The number of hydrogen-bond donors (Lipinski definition) is 2. The van der Waals surface area contributed by atoms with Crippen molar-refractivity contribution in [3.8, 4) is 5.75 Å². The highest BCUT2D eigenvalue weighted by Gasteiger charge is 2.04. The third-order valence-corrected chi connectivity index (χ3v) is 1.61. The van der Waals surface area contributed by atoms with E-state index in [1.165, 1.54) is 13.0 Å². The van der Waals surface area contributed by atoms with Gasteiger partial charge in [0.1, 0.15) is 11.5 Å². The Morgan fingerprint density at radius 3 is 2.83 bits per heavy atom. The first-order valence-corrected chi connectivity index (χ1v) is 3.67. The van der Waals surface area contributed by atoms with Crippen molar-refractivity contribution in [2.45, 2.75) is 13.3 Å². The second-order valence-electron chi connectivity index (χ2n) is 2.73. The number of phenols is 1. The molecule has 0 saturated heterocycles. The number of carbonyl (C=O) groups is 1. The first-order valence-electron chi connectivity index (χ1n) is 3.67. The van der Waals surface area contributed by atoms with Crippen molar-refractivity contribution in [1.82, 2.24) is 0 Å². The van der Waals surface area contributed by atoms with Gasteiger partial charge in [0.15, 0.2) is 0 Å². The van der Waals surface area contributed by atoms with Gasteiger partial charge in [-0.15, -0.1) is 0 Å². The maximum atomic E-state index is 10.7. The molecular weight excluding hydrogens is 154 g/mol. The zero-order chi connectivity index (χ0) is 9.14. The number of nitrogens with two attached hydrogens (primary N) is 1. The summed E-state index contributed by atoms with van der Waals surface area (Å²) in [6, 6.07) is 4.90. The highest BCUT2D eigenvalue weighted by Crippen LogP contribution is 2.23. The molecule has 12 heavy (non-hydrogen) atoms. The Balaban J connectivity index is 3.00. The topological polar surface area (TPSA) is 63.3 Å². The molecule has 0 saturated carbocycles. The number of ketones is 1. The summed E-state index contributed by atoms with van der Waals surface area (Å²) in [5.74, 6) is 0.0704. The van der Waals surface area contributed by atoms with E-state index in [0.29, 0.717) is 11.3 Å². The Morgan fingerprint density at radius 2 is 2.25 bits per heavy atom. The van der Waals surface area contributed by atoms with Crippen LogP contribution in [0, 0.1) is 0 Å². The van der Waals surface area contributed by atoms with Crippen LogP contribution < -0.4 is 5.73 Å². The highest BCUT2D eigenvalue weighted by atomic mass is 16.3. The molecule has 0 radical (unpaired) electrons. The number of anilines is 1. The Morgan fingerprint density at radius 1 is 1.58 bits per heavy atom. The lowest BCUT2D eigenvalue weighted by Crippen LogP contribution is -2.00. The van der Waals surface area contributed by atoms with Crippen molar-refractivity contribution in [3.05, 3.63) is 23.8 Å². The zero-order valence-electron chi connectivity index (χ0n) is 6.87. The normalized spacial score (nSPS) is 9.75. The molecule has 0 aromatic heterocycles. The van der Waals surface area contributed by atoms with E-state index in [1.54, 1.807) is 12.1 Å². The van der Waals surface area contributed by atoms with E-state index >= 15 is 0 Å². The van der Waals surface area contributed by atoms with Gasteiger partial charge >= 0.3 is 0 Å². The maximum Gasteiger partial charge on any atom is 0.138 e. The summed E-state index contributed by atoms with van der Waals surface area (Å²) in [6.45, 7) is 1.49. The van der Waals surface area contributed by atoms with E-state index in [1.807, 2.05) is 0 Å². The summed E-state index contributed by atoms with van der Waals surface area (Å²) in [5.41, 5.74) is 6.51. The molecule has 0 aliphatic heterocycles. The number of rotatable bonds is 2. The Labute approximate surface area is 70.8 Å². The SMILES string of the molecule is CC(=O)Cc1cccc(O)c1N. The summed E-state index contributed by atoms with van der Waals surface area (Å²) in [5, 5.41) is 9.18. The van der Waals surface area contributed by atoms with Crippen molar-refractivity contribution >= 4 is 11.5 Å². The van der Waals surface area contributed by atoms with Gasteiger partial charge in [0.2, 0.25) is 0 Å². The van der Waals surface area contributed by atoms with E-state index in [2.05, 4.69) is 0 Å². The molecule has 0 aliphatic carbocycles. The summed E-state index contributed by atoms with van der Waals surface area (Å²) < 4.78 is 0. The second kappa shape index (κ2) is 3.26. The van der Waals surface area contributed by atoms with Gasteiger partial charge in [0.25, 0.3) is 0 Å². The molecule has 3 nitrogen and oxygen atoms in total. The van der Waals surface area contributed by atoms with Gasteiger partial charge in [0, 0.05) is 6.42 Å². The Kier molecular flexibility index (Phi) is 2.33. The summed E-state index contributed by atoms with van der Waals surface area (Å²) in [7, 11) is 0. The van der Waals surface area contributed by atoms with Crippen LogP contribution in [0.25, 0.3) is 0 Å². The van der Waals surface area contributed by atoms with Crippen LogP contribution in [0.2, 0.25) is 0 Å². The average Bonchev–Trinajstić information content (AvgIpc) is 1.98. The molecule has 0 unspecified atom stereocenters. The molecule has 1 aromatic carbocycles. The minimum atomic E-state index is 0.0345. The first-order chi connectivity index (χ1) is 5.61. The lowest BCUT2D eigenvalue weighted by Gasteiger charge is -2.04. The third kappa shape index (κ3) is 1.75. The minimum Gasteiger partial charge on any atom is -0.506 e. The first kappa shape index (κ1) is 8.59. The fourth-order valence-corrected chi connectivity index (χ4v) is 1.02. The predicted molar refractivity (Wildman–Crippen MR) is 46.9 cm³/mol. The van der Waals surface area contributed by atoms with Gasteiger partial charge < -0.3 is 10.8 Å². The molecule has 0 atom stereocenters. The van der Waals surface area contributed by atoms with Crippen molar-refractivity contribution in [3.63, 3.8) is 0 Å². The van der Waals surface area contributed by atoms with Crippen LogP contribution in [0.1, 0.15) is 12.5 Å². The molecule has 0 amide bonds. The third-order valence-electron chi connectivity index (χ3n) is 1.61. The van der Waals surface area contributed by atoms with Gasteiger partial charge in [0.05, 0.1) is 5.69 Å². The van der Waals surface area contributed by atoms with Crippen molar-refractivity contribution < 1.29 is 9.90 Å². The minimum absolute atomic E-state index is 0.0345. The van der Waals surface area contributed by atoms with Crippen LogP contribution in [0.5, 0.6) is 5.75 Å². The van der Waals surface area contributed by atoms with Gasteiger partial charge in [-0.3, -0.25) is 4.79 Å². The molecule has 0 aliphatic rings. The predicted octanol–water partition coefficient (Wildman–Crippen LogP) is 1.11. The molecule has 3 N–H and O–H groups in total. The second-order valence-corrected chi connectivity index (χ2v) is 2.73. The number of carbonyl (C=O) groups excluding carboxylic acids is 1. The standard InChI is InChI=1S/C9H11NO2/c1-6(11)5-7-3-2-4-8(12)9(7)10/h2-4,12H,5,10H2,1H3. The molecular formula is C9H11NO2. The van der Waals surface area contributed by atoms with Gasteiger partial charge in [-0.25, -0.2) is 0 Å². The number of hydrogen-bond acceptors (Lipinski definition) is 3. The van der Waals surface area contributed by atoms with E-state index in [4.69, 9.17) is 5.73 Å². The number of nitrogen functional groups attached to an aromatic ring is 1. The fourth-order valence-electron chi connectivity index (χ4n) is 1.02. The van der Waals surface area contributed by atoms with E-state index in [9.17, 15) is 9.90 Å².